The smallest absolute Gasteiger partial charge is 0.306 e. The van der Waals surface area contributed by atoms with Gasteiger partial charge in [-0.3, -0.25) is 19.7 Å². The van der Waals surface area contributed by atoms with Crippen molar-refractivity contribution in [3.8, 4) is 12.3 Å². The van der Waals surface area contributed by atoms with Gasteiger partial charge in [-0.2, -0.15) is 4.98 Å². The highest BCUT2D eigenvalue weighted by atomic mass is 16.4. The number of carbonyl (C=O) groups excluding carboxylic acids is 2. The number of carboxylic acid groups (broad SMARTS) is 1. The van der Waals surface area contributed by atoms with Crippen molar-refractivity contribution in [1.82, 2.24) is 20.6 Å². The first-order valence-electron chi connectivity index (χ1n) is 7.37. The Hall–Kier alpha value is -3.87. The molecule has 0 aliphatic carbocycles. The summed E-state index contributed by atoms with van der Waals surface area (Å²) >= 11 is 0. The lowest BCUT2D eigenvalue weighted by Crippen LogP contribution is -2.42. The van der Waals surface area contributed by atoms with Gasteiger partial charge >= 0.3 is 12.0 Å². The number of nitrogens with one attached hydrogen (secondary N) is 3. The van der Waals surface area contributed by atoms with Crippen LogP contribution in [0.1, 0.15) is 16.9 Å². The Morgan fingerprint density at radius 1 is 1.35 bits per heavy atom. The van der Waals surface area contributed by atoms with E-state index in [4.69, 9.17) is 15.9 Å². The molecule has 2 aromatic heterocycles. The summed E-state index contributed by atoms with van der Waals surface area (Å²) in [6.07, 6.45) is 7.41. The van der Waals surface area contributed by atoms with Crippen LogP contribution in [0.4, 0.5) is 11.8 Å². The minimum atomic E-state index is -1.15. The number of aliphatic carboxylic acids is 1. The van der Waals surface area contributed by atoms with Crippen LogP contribution in [0.5, 0.6) is 0 Å². The molecule has 0 aromatic carbocycles. The van der Waals surface area contributed by atoms with E-state index in [2.05, 4.69) is 31.8 Å². The largest absolute Gasteiger partial charge is 0.481 e. The molecule has 10 heteroatoms. The van der Waals surface area contributed by atoms with Crippen LogP contribution in [0.2, 0.25) is 0 Å². The summed E-state index contributed by atoms with van der Waals surface area (Å²) in [6, 6.07) is 4.29. The van der Waals surface area contributed by atoms with E-state index in [0.29, 0.717) is 5.82 Å². The predicted molar refractivity (Wildman–Crippen MR) is 89.4 cm³/mol. The summed E-state index contributed by atoms with van der Waals surface area (Å²) in [5, 5.41) is 16.1. The van der Waals surface area contributed by atoms with Gasteiger partial charge in [-0.05, 0) is 12.1 Å². The van der Waals surface area contributed by atoms with E-state index in [1.807, 2.05) is 0 Å². The molecule has 0 aliphatic rings. The zero-order chi connectivity index (χ0) is 18.9. The molecule has 26 heavy (non-hydrogen) atoms. The van der Waals surface area contributed by atoms with Crippen molar-refractivity contribution in [1.29, 1.82) is 0 Å². The van der Waals surface area contributed by atoms with Gasteiger partial charge < -0.3 is 20.2 Å². The fourth-order valence-corrected chi connectivity index (χ4v) is 1.80. The van der Waals surface area contributed by atoms with Crippen molar-refractivity contribution in [3.05, 3.63) is 36.4 Å². The highest BCUT2D eigenvalue weighted by molar-refractivity contribution is 5.95. The van der Waals surface area contributed by atoms with E-state index in [1.165, 1.54) is 0 Å². The Balaban J connectivity index is 1.83. The molecule has 2 rings (SSSR count). The maximum atomic E-state index is 12.0. The zero-order valence-electron chi connectivity index (χ0n) is 13.4. The molecule has 0 saturated carbocycles. The second kappa shape index (κ2) is 8.84. The normalized spacial score (nSPS) is 11.0. The number of pyridine rings is 1. The Morgan fingerprint density at radius 2 is 2.15 bits per heavy atom. The third-order valence-corrected chi connectivity index (χ3v) is 2.96. The van der Waals surface area contributed by atoms with Gasteiger partial charge in [0, 0.05) is 6.20 Å². The Bertz CT molecular complexity index is 827. The standard InChI is InChI=1S/C16H15N5O5/c1-2-10(7-14(23)24)19-13(22)8-18-15(25)11-9-26-16(20-11)21-12-5-3-4-6-17-12/h1,3-6,9-10H,7-8H2,(H,18,25)(H,19,22)(H,23,24)(H,17,20,21). The molecule has 0 aliphatic heterocycles. The van der Waals surface area contributed by atoms with Crippen LogP contribution >= 0.6 is 0 Å². The Morgan fingerprint density at radius 3 is 2.81 bits per heavy atom. The number of nitrogens with zero attached hydrogens (tertiary/aromatic N) is 2. The van der Waals surface area contributed by atoms with Gasteiger partial charge in [-0.15, -0.1) is 6.42 Å². The average Bonchev–Trinajstić information content (AvgIpc) is 3.08. The lowest BCUT2D eigenvalue weighted by molar-refractivity contribution is -0.137. The van der Waals surface area contributed by atoms with Gasteiger partial charge in [0.25, 0.3) is 5.91 Å². The minimum Gasteiger partial charge on any atom is -0.481 e. The van der Waals surface area contributed by atoms with Gasteiger partial charge in [-0.25, -0.2) is 4.98 Å². The van der Waals surface area contributed by atoms with Crippen molar-refractivity contribution in [2.75, 3.05) is 11.9 Å². The van der Waals surface area contributed by atoms with Crippen LogP contribution in [-0.2, 0) is 9.59 Å². The third-order valence-electron chi connectivity index (χ3n) is 2.96. The van der Waals surface area contributed by atoms with Gasteiger partial charge in [0.2, 0.25) is 5.91 Å². The molecule has 0 radical (unpaired) electrons. The number of aromatic nitrogens is 2. The number of carboxylic acids is 1. The molecule has 2 aromatic rings. The molecule has 0 bridgehead atoms. The fourth-order valence-electron chi connectivity index (χ4n) is 1.80. The van der Waals surface area contributed by atoms with Gasteiger partial charge in [0.1, 0.15) is 18.1 Å². The van der Waals surface area contributed by atoms with E-state index in [-0.39, 0.29) is 11.7 Å². The van der Waals surface area contributed by atoms with Crippen molar-refractivity contribution in [2.24, 2.45) is 0 Å². The Kier molecular flexibility index (Phi) is 6.28. The summed E-state index contributed by atoms with van der Waals surface area (Å²) in [7, 11) is 0. The van der Waals surface area contributed by atoms with Crippen molar-refractivity contribution < 1.29 is 23.9 Å². The average molecular weight is 357 g/mol. The number of oxazole rings is 1. The minimum absolute atomic E-state index is 0.0460. The third kappa shape index (κ3) is 5.64. The molecule has 2 amide bonds. The monoisotopic (exact) mass is 357 g/mol. The molecule has 4 N–H and O–H groups in total. The summed E-state index contributed by atoms with van der Waals surface area (Å²) < 4.78 is 5.11. The maximum absolute atomic E-state index is 12.0. The highest BCUT2D eigenvalue weighted by Gasteiger charge is 2.16. The number of amides is 2. The molecular formula is C16H15N5O5. The maximum Gasteiger partial charge on any atom is 0.306 e. The summed E-state index contributed by atoms with van der Waals surface area (Å²) in [5.74, 6) is 0.211. The first kappa shape index (κ1) is 18.5. The van der Waals surface area contributed by atoms with Crippen LogP contribution < -0.4 is 16.0 Å². The molecule has 2 heterocycles. The number of hydrogen-bond donors (Lipinski definition) is 4. The lowest BCUT2D eigenvalue weighted by Gasteiger charge is -2.10. The molecule has 1 atom stereocenters. The molecular weight excluding hydrogens is 342 g/mol. The molecule has 1 unspecified atom stereocenters. The topological polar surface area (TPSA) is 146 Å². The van der Waals surface area contributed by atoms with Crippen LogP contribution in [0.15, 0.2) is 35.1 Å². The van der Waals surface area contributed by atoms with Gasteiger partial charge in [0.05, 0.1) is 13.0 Å². The second-order valence-electron chi connectivity index (χ2n) is 4.95. The zero-order valence-corrected chi connectivity index (χ0v) is 13.4. The first-order chi connectivity index (χ1) is 12.5. The number of hydrogen-bond acceptors (Lipinski definition) is 7. The van der Waals surface area contributed by atoms with E-state index in [9.17, 15) is 14.4 Å². The molecule has 134 valence electrons. The van der Waals surface area contributed by atoms with Crippen molar-refractivity contribution in [3.63, 3.8) is 0 Å². The van der Waals surface area contributed by atoms with E-state index in [0.717, 1.165) is 6.26 Å². The molecule has 0 fully saturated rings. The number of terminal acetylenes is 1. The summed E-state index contributed by atoms with van der Waals surface area (Å²) in [5.41, 5.74) is -0.0460. The number of rotatable bonds is 8. The molecule has 0 saturated heterocycles. The number of carbonyl (C=O) groups is 3. The highest BCUT2D eigenvalue weighted by Crippen LogP contribution is 2.13. The summed E-state index contributed by atoms with van der Waals surface area (Å²) in [6.45, 7) is -0.396. The SMILES string of the molecule is C#CC(CC(=O)O)NC(=O)CNC(=O)c1coc(Nc2ccccn2)n1. The fraction of sp³-hybridized carbons (Fsp3) is 0.188. The van der Waals surface area contributed by atoms with Crippen molar-refractivity contribution in [2.45, 2.75) is 12.5 Å². The van der Waals surface area contributed by atoms with Gasteiger partial charge in [0.15, 0.2) is 5.69 Å². The van der Waals surface area contributed by atoms with E-state index >= 15 is 0 Å². The predicted octanol–water partition coefficient (Wildman–Crippen LogP) is 0.136. The Labute approximate surface area is 148 Å². The molecule has 0 spiro atoms. The van der Waals surface area contributed by atoms with Crippen LogP contribution in [-0.4, -0.2) is 45.4 Å². The van der Waals surface area contributed by atoms with E-state index in [1.54, 1.807) is 24.4 Å². The summed E-state index contributed by atoms with van der Waals surface area (Å²) in [4.78, 5) is 42.2. The van der Waals surface area contributed by atoms with Crippen molar-refractivity contribution >= 4 is 29.6 Å². The molecule has 10 nitrogen and oxygen atoms in total. The number of anilines is 2. The van der Waals surface area contributed by atoms with Gasteiger partial charge in [-0.1, -0.05) is 12.0 Å². The van der Waals surface area contributed by atoms with Crippen LogP contribution in [0.3, 0.4) is 0 Å². The first-order valence-corrected chi connectivity index (χ1v) is 7.37. The van der Waals surface area contributed by atoms with Crippen LogP contribution in [0, 0.1) is 12.3 Å². The van der Waals surface area contributed by atoms with Crippen LogP contribution in [0.25, 0.3) is 0 Å². The quantitative estimate of drug-likeness (QED) is 0.488. The van der Waals surface area contributed by atoms with E-state index < -0.39 is 36.8 Å². The second-order valence-corrected chi connectivity index (χ2v) is 4.95. The lowest BCUT2D eigenvalue weighted by atomic mass is 10.2.